The highest BCUT2D eigenvalue weighted by atomic mass is 14.6. The molecule has 7 atom stereocenters. The molecule has 3 saturated carbocycles. The summed E-state index contributed by atoms with van der Waals surface area (Å²) in [5.41, 5.74) is 2.76. The van der Waals surface area contributed by atoms with Crippen LogP contribution < -0.4 is 0 Å². The fraction of sp³-hybridized carbons (Fsp3) is 0.750. The van der Waals surface area contributed by atoms with Gasteiger partial charge in [0.15, 0.2) is 0 Å². The summed E-state index contributed by atoms with van der Waals surface area (Å²) >= 11 is 0. The lowest BCUT2D eigenvalue weighted by atomic mass is 9.47. The van der Waals surface area contributed by atoms with E-state index in [2.05, 4.69) is 51.7 Å². The molecule has 4 aliphatic rings. The van der Waals surface area contributed by atoms with Crippen LogP contribution in [0.5, 0.6) is 0 Å². The van der Waals surface area contributed by atoms with Gasteiger partial charge >= 0.3 is 0 Å². The molecule has 0 N–H and O–H groups in total. The second-order valence-corrected chi connectivity index (χ2v) is 9.66. The molecular weight excluding hydrogens is 288 g/mol. The summed E-state index contributed by atoms with van der Waals surface area (Å²) in [5, 5.41) is 0. The molecule has 0 amide bonds. The highest BCUT2D eigenvalue weighted by Gasteiger charge is 2.57. The van der Waals surface area contributed by atoms with Gasteiger partial charge in [0.2, 0.25) is 0 Å². The molecule has 0 bridgehead atoms. The first-order valence-corrected chi connectivity index (χ1v) is 10.5. The van der Waals surface area contributed by atoms with E-state index in [0.29, 0.717) is 16.7 Å². The number of allylic oxidation sites excluding steroid dienone is 5. The van der Waals surface area contributed by atoms with E-state index in [9.17, 15) is 0 Å². The van der Waals surface area contributed by atoms with E-state index in [0.717, 1.165) is 30.1 Å². The summed E-state index contributed by atoms with van der Waals surface area (Å²) in [6, 6.07) is 0. The predicted octanol–water partition coefficient (Wildman–Crippen LogP) is 6.94. The first-order valence-electron chi connectivity index (χ1n) is 10.5. The number of hydrogen-bond donors (Lipinski definition) is 0. The summed E-state index contributed by atoms with van der Waals surface area (Å²) in [6.07, 6.45) is 21.0. The molecule has 1 unspecified atom stereocenters. The molecule has 0 radical (unpaired) electrons. The average molecular weight is 325 g/mol. The SMILES string of the molecule is C=CCC1C=C[C@@]2(C)C(=C1)CC[C@H]1[C@@H]3CC[C@H](CC)[C@@]3(C)CC[C@@H]12. The van der Waals surface area contributed by atoms with Crippen LogP contribution in [0.3, 0.4) is 0 Å². The number of rotatable bonds is 3. The maximum absolute atomic E-state index is 3.94. The maximum atomic E-state index is 3.94. The van der Waals surface area contributed by atoms with Crippen molar-refractivity contribution in [1.82, 2.24) is 0 Å². The summed E-state index contributed by atoms with van der Waals surface area (Å²) in [6.45, 7) is 11.6. The maximum Gasteiger partial charge on any atom is 0.00938 e. The van der Waals surface area contributed by atoms with Crippen molar-refractivity contribution in [2.24, 2.45) is 40.4 Å². The van der Waals surface area contributed by atoms with Gasteiger partial charge in [-0.1, -0.05) is 57.1 Å². The topological polar surface area (TPSA) is 0 Å². The minimum absolute atomic E-state index is 0.353. The summed E-state index contributed by atoms with van der Waals surface area (Å²) in [4.78, 5) is 0. The molecule has 0 saturated heterocycles. The number of fused-ring (bicyclic) bond motifs is 5. The Morgan fingerprint density at radius 2 is 2.00 bits per heavy atom. The van der Waals surface area contributed by atoms with Crippen molar-refractivity contribution in [3.63, 3.8) is 0 Å². The van der Waals surface area contributed by atoms with Crippen LogP contribution in [-0.4, -0.2) is 0 Å². The van der Waals surface area contributed by atoms with E-state index < -0.39 is 0 Å². The smallest absolute Gasteiger partial charge is 0.00938 e. The Bertz CT molecular complexity index is 567. The molecule has 0 aliphatic heterocycles. The Balaban J connectivity index is 1.62. The normalized spacial score (nSPS) is 49.8. The third kappa shape index (κ3) is 2.24. The van der Waals surface area contributed by atoms with Gasteiger partial charge in [-0.05, 0) is 80.0 Å². The lowest BCUT2D eigenvalue weighted by Crippen LogP contribution is -2.49. The summed E-state index contributed by atoms with van der Waals surface area (Å²) in [7, 11) is 0. The molecule has 0 aromatic rings. The van der Waals surface area contributed by atoms with Crippen LogP contribution in [0, 0.1) is 40.4 Å². The highest BCUT2D eigenvalue weighted by molar-refractivity contribution is 5.33. The van der Waals surface area contributed by atoms with Crippen molar-refractivity contribution in [1.29, 1.82) is 0 Å². The van der Waals surface area contributed by atoms with Gasteiger partial charge in [-0.25, -0.2) is 0 Å². The standard InChI is InChI=1S/C24H36/c1-5-7-17-12-14-24(4)19(16-17)8-10-20-21-11-9-18(6-2)23(21,3)15-13-22(20)24/h5,12,14,16-18,20-22H,1,6-11,13,15H2,2-4H3/t17?,18-,20-,21-,22-,23+,24-/m0/s1. The quantitative estimate of drug-likeness (QED) is 0.493. The first-order chi connectivity index (χ1) is 11.5. The second-order valence-electron chi connectivity index (χ2n) is 9.66. The predicted molar refractivity (Wildman–Crippen MR) is 104 cm³/mol. The lowest BCUT2D eigenvalue weighted by molar-refractivity contribution is -0.0344. The van der Waals surface area contributed by atoms with Gasteiger partial charge < -0.3 is 0 Å². The second kappa shape index (κ2) is 5.89. The zero-order valence-corrected chi connectivity index (χ0v) is 16.1. The summed E-state index contributed by atoms with van der Waals surface area (Å²) in [5.74, 6) is 4.47. The van der Waals surface area contributed by atoms with Crippen LogP contribution in [0.2, 0.25) is 0 Å². The van der Waals surface area contributed by atoms with E-state index in [1.54, 1.807) is 5.57 Å². The van der Waals surface area contributed by atoms with Gasteiger partial charge in [0, 0.05) is 5.41 Å². The highest BCUT2D eigenvalue weighted by Crippen LogP contribution is 2.66. The van der Waals surface area contributed by atoms with Crippen molar-refractivity contribution < 1.29 is 0 Å². The minimum atomic E-state index is 0.353. The van der Waals surface area contributed by atoms with E-state index in [1.165, 1.54) is 44.9 Å². The molecule has 0 nitrogen and oxygen atoms in total. The molecule has 0 aromatic carbocycles. The van der Waals surface area contributed by atoms with Crippen LogP contribution in [0.25, 0.3) is 0 Å². The fourth-order valence-electron chi connectivity index (χ4n) is 7.51. The first kappa shape index (κ1) is 16.7. The third-order valence-corrected chi connectivity index (χ3v) is 8.88. The van der Waals surface area contributed by atoms with Gasteiger partial charge in [0.05, 0.1) is 0 Å². The summed E-state index contributed by atoms with van der Waals surface area (Å²) < 4.78 is 0. The Hall–Kier alpha value is -0.780. The number of hydrogen-bond acceptors (Lipinski definition) is 0. The van der Waals surface area contributed by atoms with E-state index in [1.807, 2.05) is 0 Å². The fourth-order valence-corrected chi connectivity index (χ4v) is 7.51. The molecule has 3 fully saturated rings. The van der Waals surface area contributed by atoms with E-state index in [-0.39, 0.29) is 0 Å². The average Bonchev–Trinajstić information content (AvgIpc) is 2.92. The molecule has 0 spiro atoms. The van der Waals surface area contributed by atoms with Crippen molar-refractivity contribution in [2.45, 2.75) is 72.1 Å². The van der Waals surface area contributed by atoms with Gasteiger partial charge in [-0.3, -0.25) is 0 Å². The van der Waals surface area contributed by atoms with Crippen molar-refractivity contribution >= 4 is 0 Å². The molecule has 0 heterocycles. The van der Waals surface area contributed by atoms with Crippen LogP contribution in [0.15, 0.2) is 36.5 Å². The van der Waals surface area contributed by atoms with E-state index in [4.69, 9.17) is 0 Å². The molecule has 0 aromatic heterocycles. The minimum Gasteiger partial charge on any atom is -0.103 e. The molecule has 4 aliphatic carbocycles. The molecular formula is C24H36. The Labute approximate surface area is 149 Å². The van der Waals surface area contributed by atoms with Crippen molar-refractivity contribution in [2.75, 3.05) is 0 Å². The molecule has 132 valence electrons. The Kier molecular flexibility index (Phi) is 4.09. The Morgan fingerprint density at radius 1 is 1.17 bits per heavy atom. The van der Waals surface area contributed by atoms with Crippen LogP contribution in [0.4, 0.5) is 0 Å². The Morgan fingerprint density at radius 3 is 2.75 bits per heavy atom. The van der Waals surface area contributed by atoms with Crippen LogP contribution >= 0.6 is 0 Å². The van der Waals surface area contributed by atoms with Gasteiger partial charge in [-0.2, -0.15) is 0 Å². The van der Waals surface area contributed by atoms with Crippen molar-refractivity contribution in [3.05, 3.63) is 36.5 Å². The van der Waals surface area contributed by atoms with E-state index >= 15 is 0 Å². The van der Waals surface area contributed by atoms with Gasteiger partial charge in [0.25, 0.3) is 0 Å². The largest absolute Gasteiger partial charge is 0.103 e. The molecule has 4 rings (SSSR count). The van der Waals surface area contributed by atoms with Crippen LogP contribution in [-0.2, 0) is 0 Å². The lowest BCUT2D eigenvalue weighted by Gasteiger charge is -2.57. The molecule has 0 heteroatoms. The van der Waals surface area contributed by atoms with Crippen molar-refractivity contribution in [3.8, 4) is 0 Å². The molecule has 24 heavy (non-hydrogen) atoms. The van der Waals surface area contributed by atoms with Gasteiger partial charge in [0.1, 0.15) is 0 Å². The zero-order chi connectivity index (χ0) is 16.9. The monoisotopic (exact) mass is 324 g/mol. The van der Waals surface area contributed by atoms with Gasteiger partial charge in [-0.15, -0.1) is 6.58 Å². The third-order valence-electron chi connectivity index (χ3n) is 8.88. The zero-order valence-electron chi connectivity index (χ0n) is 16.1. The van der Waals surface area contributed by atoms with Crippen LogP contribution in [0.1, 0.15) is 72.1 Å².